The van der Waals surface area contributed by atoms with E-state index in [9.17, 15) is 4.79 Å². The predicted octanol–water partition coefficient (Wildman–Crippen LogP) is 2.84. The van der Waals surface area contributed by atoms with Crippen molar-refractivity contribution in [2.45, 2.75) is 11.7 Å². The molecule has 1 fully saturated rings. The van der Waals surface area contributed by atoms with E-state index in [-0.39, 0.29) is 11.2 Å². The molecule has 0 unspecified atom stereocenters. The molecule has 1 aliphatic rings. The minimum atomic E-state index is -0.160. The third kappa shape index (κ3) is 3.68. The summed E-state index contributed by atoms with van der Waals surface area (Å²) in [6, 6.07) is 7.33. The van der Waals surface area contributed by atoms with Gasteiger partial charge in [-0.25, -0.2) is 0 Å². The number of amidine groups is 1. The van der Waals surface area contributed by atoms with Crippen molar-refractivity contribution in [2.75, 3.05) is 0 Å². The quantitative estimate of drug-likeness (QED) is 0.527. The van der Waals surface area contributed by atoms with Crippen molar-refractivity contribution in [3.8, 4) is 0 Å². The fraction of sp³-hybridized carbons (Fsp3) is 0.154. The predicted molar refractivity (Wildman–Crippen MR) is 80.8 cm³/mol. The molecule has 1 saturated heterocycles. The number of amides is 1. The summed E-state index contributed by atoms with van der Waals surface area (Å²) in [4.78, 5) is 11.5. The Kier molecular flexibility index (Phi) is 4.76. The highest BCUT2D eigenvalue weighted by Gasteiger charge is 2.28. The molecule has 1 N–H and O–H groups in total. The number of carbonyl (C=O) groups is 1. The van der Waals surface area contributed by atoms with Crippen LogP contribution in [0.5, 0.6) is 0 Å². The van der Waals surface area contributed by atoms with Gasteiger partial charge in [0.15, 0.2) is 5.17 Å². The number of halogens is 1. The number of nitrogens with zero attached hydrogens (tertiary/aromatic N) is 2. The smallest absolute Gasteiger partial charge is 0.239 e. The number of carbonyl (C=O) groups excluding carboxylic acids is 1. The number of nitrogens with one attached hydrogen (secondary N) is 1. The van der Waals surface area contributed by atoms with Gasteiger partial charge in [-0.15, -0.1) is 11.7 Å². The molecule has 0 saturated carbocycles. The summed E-state index contributed by atoms with van der Waals surface area (Å²) in [5.41, 5.74) is 0.783. The van der Waals surface area contributed by atoms with Crippen molar-refractivity contribution in [3.05, 3.63) is 47.5 Å². The third-order valence-electron chi connectivity index (χ3n) is 2.41. The van der Waals surface area contributed by atoms with E-state index in [0.29, 0.717) is 16.6 Å². The van der Waals surface area contributed by atoms with Gasteiger partial charge < -0.3 is 5.32 Å². The van der Waals surface area contributed by atoms with Crippen LogP contribution in [-0.2, 0) is 4.79 Å². The maximum atomic E-state index is 11.5. The van der Waals surface area contributed by atoms with E-state index in [2.05, 4.69) is 22.1 Å². The molecule has 98 valence electrons. The van der Waals surface area contributed by atoms with Gasteiger partial charge in [0, 0.05) is 10.6 Å². The normalized spacial score (nSPS) is 21.0. The number of allylic oxidation sites excluding steroid dienone is 1. The minimum absolute atomic E-state index is 0.0587. The Bertz CT molecular complexity index is 557. The molecule has 1 amide bonds. The Morgan fingerprint density at radius 2 is 2.26 bits per heavy atom. The van der Waals surface area contributed by atoms with Gasteiger partial charge >= 0.3 is 0 Å². The second-order valence-corrected chi connectivity index (χ2v) is 5.39. The van der Waals surface area contributed by atoms with Crippen LogP contribution in [0.1, 0.15) is 12.0 Å². The number of thioether (sulfide) groups is 1. The summed E-state index contributed by atoms with van der Waals surface area (Å²) in [6.45, 7) is 3.62. The summed E-state index contributed by atoms with van der Waals surface area (Å²) >= 11 is 7.34. The molecule has 0 bridgehead atoms. The second kappa shape index (κ2) is 6.54. The molecule has 0 aliphatic carbocycles. The zero-order valence-corrected chi connectivity index (χ0v) is 11.6. The van der Waals surface area contributed by atoms with Crippen LogP contribution in [0, 0.1) is 0 Å². The molecule has 0 radical (unpaired) electrons. The van der Waals surface area contributed by atoms with E-state index in [1.54, 1.807) is 18.4 Å². The van der Waals surface area contributed by atoms with Crippen LogP contribution in [0.4, 0.5) is 0 Å². The van der Waals surface area contributed by atoms with Gasteiger partial charge in [-0.05, 0) is 12.5 Å². The average Bonchev–Trinajstić information content (AvgIpc) is 2.73. The molecule has 1 aliphatic heterocycles. The van der Waals surface area contributed by atoms with Crippen LogP contribution in [-0.4, -0.2) is 22.5 Å². The number of hydrogen-bond acceptors (Lipinski definition) is 4. The number of hydrogen-bond donors (Lipinski definition) is 1. The summed E-state index contributed by atoms with van der Waals surface area (Å²) in [5.74, 6) is -0.0587. The topological polar surface area (TPSA) is 53.8 Å². The van der Waals surface area contributed by atoms with Crippen LogP contribution in [0.3, 0.4) is 0 Å². The van der Waals surface area contributed by atoms with Gasteiger partial charge in [0.25, 0.3) is 0 Å². The first-order valence-electron chi connectivity index (χ1n) is 5.64. The maximum absolute atomic E-state index is 11.5. The van der Waals surface area contributed by atoms with Crippen molar-refractivity contribution < 1.29 is 4.79 Å². The van der Waals surface area contributed by atoms with Gasteiger partial charge in [0.2, 0.25) is 5.91 Å². The summed E-state index contributed by atoms with van der Waals surface area (Å²) < 4.78 is 0. The molecule has 1 heterocycles. The Hall–Kier alpha value is -1.59. The molecule has 1 aromatic rings. The van der Waals surface area contributed by atoms with Crippen LogP contribution in [0.15, 0.2) is 47.1 Å². The highest BCUT2D eigenvalue weighted by molar-refractivity contribution is 8.15. The molecule has 0 spiro atoms. The van der Waals surface area contributed by atoms with Crippen molar-refractivity contribution in [1.82, 2.24) is 5.32 Å². The molecular formula is C13H12ClN3OS. The molecule has 1 atom stereocenters. The minimum Gasteiger partial charge on any atom is -0.303 e. The molecule has 4 nitrogen and oxygen atoms in total. The van der Waals surface area contributed by atoms with E-state index in [1.807, 2.05) is 18.2 Å². The monoisotopic (exact) mass is 293 g/mol. The largest absolute Gasteiger partial charge is 0.303 e. The van der Waals surface area contributed by atoms with Crippen molar-refractivity contribution in [3.63, 3.8) is 0 Å². The molecular weight excluding hydrogens is 282 g/mol. The van der Waals surface area contributed by atoms with E-state index in [4.69, 9.17) is 11.6 Å². The number of benzene rings is 1. The lowest BCUT2D eigenvalue weighted by atomic mass is 10.2. The van der Waals surface area contributed by atoms with Crippen LogP contribution in [0.25, 0.3) is 0 Å². The first-order valence-corrected chi connectivity index (χ1v) is 6.90. The zero-order chi connectivity index (χ0) is 13.7. The van der Waals surface area contributed by atoms with Crippen molar-refractivity contribution >= 4 is 40.7 Å². The van der Waals surface area contributed by atoms with Gasteiger partial charge in [-0.2, -0.15) is 5.10 Å². The lowest BCUT2D eigenvalue weighted by Crippen LogP contribution is -2.24. The fourth-order valence-corrected chi connectivity index (χ4v) is 2.59. The van der Waals surface area contributed by atoms with E-state index in [1.165, 1.54) is 11.8 Å². The van der Waals surface area contributed by atoms with E-state index < -0.39 is 0 Å². The van der Waals surface area contributed by atoms with Gasteiger partial charge in [-0.3, -0.25) is 4.79 Å². The molecule has 6 heteroatoms. The molecule has 1 aromatic carbocycles. The zero-order valence-electron chi connectivity index (χ0n) is 10.0. The van der Waals surface area contributed by atoms with E-state index in [0.717, 1.165) is 5.56 Å². The molecule has 19 heavy (non-hydrogen) atoms. The highest BCUT2D eigenvalue weighted by atomic mass is 35.5. The van der Waals surface area contributed by atoms with Crippen LogP contribution < -0.4 is 5.32 Å². The van der Waals surface area contributed by atoms with Gasteiger partial charge in [0.05, 0.1) is 11.5 Å². The highest BCUT2D eigenvalue weighted by Crippen LogP contribution is 2.22. The van der Waals surface area contributed by atoms with Crippen molar-refractivity contribution in [2.24, 2.45) is 10.2 Å². The average molecular weight is 294 g/mol. The Morgan fingerprint density at radius 3 is 3.00 bits per heavy atom. The number of rotatable bonds is 4. The van der Waals surface area contributed by atoms with Crippen LogP contribution >= 0.6 is 23.4 Å². The Balaban J connectivity index is 2.02. The molecule has 2 rings (SSSR count). The first-order chi connectivity index (χ1) is 9.20. The summed E-state index contributed by atoms with van der Waals surface area (Å²) in [7, 11) is 0. The van der Waals surface area contributed by atoms with Crippen molar-refractivity contribution in [1.29, 1.82) is 0 Å². The third-order valence-corrected chi connectivity index (χ3v) is 3.85. The summed E-state index contributed by atoms with van der Waals surface area (Å²) in [6.07, 6.45) is 3.89. The lowest BCUT2D eigenvalue weighted by molar-refractivity contribution is -0.118. The fourth-order valence-electron chi connectivity index (χ4n) is 1.48. The Labute approximate surface area is 120 Å². The van der Waals surface area contributed by atoms with Gasteiger partial charge in [-0.1, -0.05) is 47.6 Å². The SMILES string of the molecule is C=CC[C@H]1S/C(=N\N=C/c2ccccc2Cl)NC1=O. The summed E-state index contributed by atoms with van der Waals surface area (Å²) in [5, 5.41) is 11.5. The van der Waals surface area contributed by atoms with Crippen LogP contribution in [0.2, 0.25) is 5.02 Å². The first kappa shape index (κ1) is 13.8. The molecule has 0 aromatic heterocycles. The Morgan fingerprint density at radius 1 is 1.47 bits per heavy atom. The maximum Gasteiger partial charge on any atom is 0.239 e. The lowest BCUT2D eigenvalue weighted by Gasteiger charge is -1.97. The standard InChI is InChI=1S/C13H12ClN3OS/c1-2-5-11-12(18)16-13(19-11)17-15-8-9-6-3-4-7-10(9)14/h2-4,6-8,11H,1,5H2,(H,16,17,18)/b15-8-/t11-/m1/s1. The van der Waals surface area contributed by atoms with E-state index >= 15 is 0 Å². The van der Waals surface area contributed by atoms with Gasteiger partial charge in [0.1, 0.15) is 0 Å². The second-order valence-electron chi connectivity index (χ2n) is 3.79.